The van der Waals surface area contributed by atoms with Crippen LogP contribution in [-0.4, -0.2) is 42.0 Å². The Morgan fingerprint density at radius 3 is 2.44 bits per heavy atom. The van der Waals surface area contributed by atoms with E-state index in [2.05, 4.69) is 41.9 Å². The first kappa shape index (κ1) is 17.7. The Balaban J connectivity index is 1.49. The number of rotatable bonds is 3. The molecule has 1 aliphatic heterocycles. The fourth-order valence-corrected chi connectivity index (χ4v) is 4.35. The van der Waals surface area contributed by atoms with Gasteiger partial charge in [-0.2, -0.15) is 0 Å². The minimum Gasteiger partial charge on any atom is -0.368 e. The standard InChI is InChI=1S/C22H23N3OS/c1-16-7-6-10-19(17(16)2)24-11-13-25(14-12-24)22(26)21-20(23-15-27-21)18-8-4-3-5-9-18/h3-10,15H,11-14H2,1-2H3. The molecule has 0 unspecified atom stereocenters. The zero-order valence-corrected chi connectivity index (χ0v) is 16.5. The molecule has 1 aliphatic rings. The zero-order valence-electron chi connectivity index (χ0n) is 15.7. The lowest BCUT2D eigenvalue weighted by Gasteiger charge is -2.37. The molecule has 0 aliphatic carbocycles. The van der Waals surface area contributed by atoms with Crippen LogP contribution in [0.2, 0.25) is 0 Å². The van der Waals surface area contributed by atoms with Crippen LogP contribution in [0.15, 0.2) is 54.0 Å². The second-order valence-corrected chi connectivity index (χ2v) is 7.75. The smallest absolute Gasteiger partial charge is 0.266 e. The van der Waals surface area contributed by atoms with Gasteiger partial charge in [0.2, 0.25) is 0 Å². The molecule has 0 N–H and O–H groups in total. The summed E-state index contributed by atoms with van der Waals surface area (Å²) in [5, 5.41) is 0. The summed E-state index contributed by atoms with van der Waals surface area (Å²) in [4.78, 5) is 22.6. The summed E-state index contributed by atoms with van der Waals surface area (Å²) in [6.45, 7) is 7.50. The van der Waals surface area contributed by atoms with Gasteiger partial charge in [-0.1, -0.05) is 42.5 Å². The van der Waals surface area contributed by atoms with Crippen molar-refractivity contribution in [2.75, 3.05) is 31.1 Å². The van der Waals surface area contributed by atoms with E-state index in [1.165, 1.54) is 28.2 Å². The highest BCUT2D eigenvalue weighted by Gasteiger charge is 2.26. The third-order valence-corrected chi connectivity index (χ3v) is 6.11. The van der Waals surface area contributed by atoms with E-state index >= 15 is 0 Å². The number of amides is 1. The number of nitrogens with zero attached hydrogens (tertiary/aromatic N) is 3. The molecule has 1 fully saturated rings. The van der Waals surface area contributed by atoms with Gasteiger partial charge >= 0.3 is 0 Å². The van der Waals surface area contributed by atoms with Crippen LogP contribution in [0.4, 0.5) is 5.69 Å². The summed E-state index contributed by atoms with van der Waals surface area (Å²) in [5.41, 5.74) is 7.47. The fourth-order valence-electron chi connectivity index (χ4n) is 3.57. The number of hydrogen-bond donors (Lipinski definition) is 0. The zero-order chi connectivity index (χ0) is 18.8. The average molecular weight is 378 g/mol. The maximum Gasteiger partial charge on any atom is 0.266 e. The van der Waals surface area contributed by atoms with Crippen molar-refractivity contribution in [2.24, 2.45) is 0 Å². The Morgan fingerprint density at radius 1 is 0.963 bits per heavy atom. The monoisotopic (exact) mass is 377 g/mol. The van der Waals surface area contributed by atoms with Crippen LogP contribution in [0.25, 0.3) is 11.3 Å². The topological polar surface area (TPSA) is 36.4 Å². The van der Waals surface area contributed by atoms with Gasteiger partial charge in [-0.25, -0.2) is 4.98 Å². The molecule has 27 heavy (non-hydrogen) atoms. The molecule has 4 rings (SSSR count). The van der Waals surface area contributed by atoms with Gasteiger partial charge in [0.1, 0.15) is 4.88 Å². The molecule has 2 aromatic carbocycles. The lowest BCUT2D eigenvalue weighted by atomic mass is 10.1. The number of benzene rings is 2. The predicted molar refractivity (Wildman–Crippen MR) is 112 cm³/mol. The van der Waals surface area contributed by atoms with Crippen molar-refractivity contribution >= 4 is 22.9 Å². The van der Waals surface area contributed by atoms with E-state index in [0.717, 1.165) is 42.3 Å². The quantitative estimate of drug-likeness (QED) is 0.679. The molecule has 1 saturated heterocycles. The summed E-state index contributed by atoms with van der Waals surface area (Å²) < 4.78 is 0. The first-order valence-electron chi connectivity index (χ1n) is 9.24. The van der Waals surface area contributed by atoms with Crippen LogP contribution >= 0.6 is 11.3 Å². The normalized spacial score (nSPS) is 14.4. The summed E-state index contributed by atoms with van der Waals surface area (Å²) in [6.07, 6.45) is 0. The molecule has 1 amide bonds. The van der Waals surface area contributed by atoms with Crippen LogP contribution in [-0.2, 0) is 0 Å². The summed E-state index contributed by atoms with van der Waals surface area (Å²) in [6, 6.07) is 16.4. The molecule has 0 bridgehead atoms. The van der Waals surface area contributed by atoms with Crippen LogP contribution < -0.4 is 4.90 Å². The van der Waals surface area contributed by atoms with Crippen molar-refractivity contribution in [2.45, 2.75) is 13.8 Å². The number of piperazine rings is 1. The van der Waals surface area contributed by atoms with E-state index in [4.69, 9.17) is 0 Å². The van der Waals surface area contributed by atoms with E-state index in [0.29, 0.717) is 0 Å². The summed E-state index contributed by atoms with van der Waals surface area (Å²) >= 11 is 1.43. The number of anilines is 1. The average Bonchev–Trinajstić information content (AvgIpc) is 3.20. The Hall–Kier alpha value is -2.66. The lowest BCUT2D eigenvalue weighted by molar-refractivity contribution is 0.0752. The number of carbonyl (C=O) groups is 1. The molecular weight excluding hydrogens is 354 g/mol. The van der Waals surface area contributed by atoms with E-state index in [1.54, 1.807) is 5.51 Å². The molecule has 2 heterocycles. The van der Waals surface area contributed by atoms with E-state index in [9.17, 15) is 4.79 Å². The van der Waals surface area contributed by atoms with Crippen molar-refractivity contribution in [3.8, 4) is 11.3 Å². The lowest BCUT2D eigenvalue weighted by Crippen LogP contribution is -2.49. The molecule has 0 atom stereocenters. The third-order valence-electron chi connectivity index (χ3n) is 5.29. The SMILES string of the molecule is Cc1cccc(N2CCN(C(=O)c3scnc3-c3ccccc3)CC2)c1C. The Labute approximate surface area is 164 Å². The highest BCUT2D eigenvalue weighted by atomic mass is 32.1. The Bertz CT molecular complexity index is 943. The first-order valence-corrected chi connectivity index (χ1v) is 10.1. The van der Waals surface area contributed by atoms with Gasteiger partial charge in [0, 0.05) is 37.4 Å². The van der Waals surface area contributed by atoms with Crippen molar-refractivity contribution in [1.29, 1.82) is 0 Å². The van der Waals surface area contributed by atoms with Crippen LogP contribution in [0, 0.1) is 13.8 Å². The van der Waals surface area contributed by atoms with Crippen LogP contribution in [0.1, 0.15) is 20.8 Å². The van der Waals surface area contributed by atoms with Gasteiger partial charge < -0.3 is 9.80 Å². The molecule has 0 radical (unpaired) electrons. The van der Waals surface area contributed by atoms with Gasteiger partial charge in [0.15, 0.2) is 0 Å². The van der Waals surface area contributed by atoms with Crippen LogP contribution in [0.5, 0.6) is 0 Å². The number of hydrogen-bond acceptors (Lipinski definition) is 4. The van der Waals surface area contributed by atoms with Crippen molar-refractivity contribution in [3.63, 3.8) is 0 Å². The van der Waals surface area contributed by atoms with Crippen molar-refractivity contribution < 1.29 is 4.79 Å². The largest absolute Gasteiger partial charge is 0.368 e. The summed E-state index contributed by atoms with van der Waals surface area (Å²) in [5.74, 6) is 0.0944. The molecule has 5 heteroatoms. The maximum atomic E-state index is 13.1. The van der Waals surface area contributed by atoms with Crippen LogP contribution in [0.3, 0.4) is 0 Å². The Morgan fingerprint density at radius 2 is 1.70 bits per heavy atom. The molecule has 4 nitrogen and oxygen atoms in total. The summed E-state index contributed by atoms with van der Waals surface area (Å²) in [7, 11) is 0. The minimum absolute atomic E-state index is 0.0944. The van der Waals surface area contributed by atoms with Crippen molar-refractivity contribution in [3.05, 3.63) is 70.0 Å². The third kappa shape index (κ3) is 3.47. The van der Waals surface area contributed by atoms with E-state index in [-0.39, 0.29) is 5.91 Å². The second kappa shape index (κ2) is 7.53. The number of aryl methyl sites for hydroxylation is 1. The van der Waals surface area contributed by atoms with Gasteiger partial charge in [-0.3, -0.25) is 4.79 Å². The number of aromatic nitrogens is 1. The van der Waals surface area contributed by atoms with Gasteiger partial charge in [-0.05, 0) is 31.0 Å². The molecule has 1 aromatic heterocycles. The Kier molecular flexibility index (Phi) is 4.94. The van der Waals surface area contributed by atoms with Crippen molar-refractivity contribution in [1.82, 2.24) is 9.88 Å². The highest BCUT2D eigenvalue weighted by Crippen LogP contribution is 2.28. The van der Waals surface area contributed by atoms with Gasteiger partial charge in [0.05, 0.1) is 11.2 Å². The first-order chi connectivity index (χ1) is 13.1. The molecule has 138 valence electrons. The molecule has 3 aromatic rings. The minimum atomic E-state index is 0.0944. The van der Waals surface area contributed by atoms with Gasteiger partial charge in [0.25, 0.3) is 5.91 Å². The number of thiazole rings is 1. The van der Waals surface area contributed by atoms with E-state index < -0.39 is 0 Å². The molecule has 0 saturated carbocycles. The molecular formula is C22H23N3OS. The highest BCUT2D eigenvalue weighted by molar-refractivity contribution is 7.12. The maximum absolute atomic E-state index is 13.1. The number of carbonyl (C=O) groups excluding carboxylic acids is 1. The second-order valence-electron chi connectivity index (χ2n) is 6.89. The van der Waals surface area contributed by atoms with E-state index in [1.807, 2.05) is 35.2 Å². The predicted octanol–water partition coefficient (Wildman–Crippen LogP) is 4.39. The molecule has 0 spiro atoms. The van der Waals surface area contributed by atoms with Gasteiger partial charge in [-0.15, -0.1) is 11.3 Å². The fraction of sp³-hybridized carbons (Fsp3) is 0.273.